The molecule has 0 aromatic carbocycles. The predicted octanol–water partition coefficient (Wildman–Crippen LogP) is 10.3. The molecule has 2 atom stereocenters. The maximum absolute atomic E-state index is 10.9. The minimum Gasteiger partial charge on any atom is -0.480 e. The first kappa shape index (κ1) is 33.9. The summed E-state index contributed by atoms with van der Waals surface area (Å²) in [6.45, 7) is 17.8. The first-order valence-corrected chi connectivity index (χ1v) is 14.8. The van der Waals surface area contributed by atoms with Crippen LogP contribution in [0.5, 0.6) is 0 Å². The Balaban J connectivity index is 2.59. The Morgan fingerprint density at radius 1 is 0.895 bits per heavy atom. The van der Waals surface area contributed by atoms with Crippen LogP contribution in [0.2, 0.25) is 0 Å². The van der Waals surface area contributed by atoms with Gasteiger partial charge in [0.15, 0.2) is 0 Å². The number of rotatable bonds is 19. The fourth-order valence-electron chi connectivity index (χ4n) is 5.10. The fraction of sp³-hybridized carbons (Fsp3) is 0.629. The molecule has 3 nitrogen and oxygen atoms in total. The number of hydrogen-bond acceptors (Lipinski definition) is 2. The Hall–Kier alpha value is -2.13. The van der Waals surface area contributed by atoms with E-state index in [1.165, 1.54) is 33.4 Å². The van der Waals surface area contributed by atoms with Crippen molar-refractivity contribution >= 4 is 5.97 Å². The van der Waals surface area contributed by atoms with E-state index < -0.39 is 5.97 Å². The second kappa shape index (κ2) is 19.9. The summed E-state index contributed by atoms with van der Waals surface area (Å²) in [6.07, 6.45) is 25.0. The van der Waals surface area contributed by atoms with Crippen LogP contribution in [-0.4, -0.2) is 24.3 Å². The smallest absolute Gasteiger partial charge is 0.329 e. The summed E-state index contributed by atoms with van der Waals surface area (Å²) in [5.74, 6) is 0.0409. The molecular formula is C35H56O3. The van der Waals surface area contributed by atoms with Crippen LogP contribution in [0, 0.1) is 11.8 Å². The van der Waals surface area contributed by atoms with Crippen LogP contribution in [0.4, 0.5) is 0 Å². The average molecular weight is 525 g/mol. The molecule has 0 saturated carbocycles. The van der Waals surface area contributed by atoms with Gasteiger partial charge in [-0.15, -0.1) is 0 Å². The number of ether oxygens (including phenoxy) is 1. The molecular weight excluding hydrogens is 468 g/mol. The monoisotopic (exact) mass is 524 g/mol. The molecule has 0 aromatic heterocycles. The molecule has 1 rings (SSSR count). The number of aliphatic carboxylic acids is 1. The predicted molar refractivity (Wildman–Crippen MR) is 164 cm³/mol. The van der Waals surface area contributed by atoms with Crippen molar-refractivity contribution in [1.29, 1.82) is 0 Å². The molecule has 0 unspecified atom stereocenters. The van der Waals surface area contributed by atoms with E-state index in [0.29, 0.717) is 18.4 Å². The van der Waals surface area contributed by atoms with Crippen molar-refractivity contribution in [2.45, 2.75) is 119 Å². The van der Waals surface area contributed by atoms with Crippen LogP contribution in [0.3, 0.4) is 0 Å². The Morgan fingerprint density at radius 3 is 2.05 bits per heavy atom. The minimum atomic E-state index is -0.889. The molecule has 0 saturated heterocycles. The van der Waals surface area contributed by atoms with Crippen LogP contribution in [-0.2, 0) is 9.53 Å². The molecule has 0 spiro atoms. The van der Waals surface area contributed by atoms with E-state index in [4.69, 9.17) is 9.84 Å². The van der Waals surface area contributed by atoms with Gasteiger partial charge in [-0.05, 0) is 130 Å². The third-order valence-electron chi connectivity index (χ3n) is 7.24. The third kappa shape index (κ3) is 18.2. The number of carbonyl (C=O) groups is 1. The van der Waals surface area contributed by atoms with Gasteiger partial charge in [-0.1, -0.05) is 70.4 Å². The zero-order valence-corrected chi connectivity index (χ0v) is 25.4. The maximum Gasteiger partial charge on any atom is 0.329 e. The maximum atomic E-state index is 10.9. The van der Waals surface area contributed by atoms with Crippen molar-refractivity contribution < 1.29 is 14.6 Å². The van der Waals surface area contributed by atoms with Gasteiger partial charge in [-0.25, -0.2) is 4.79 Å². The van der Waals surface area contributed by atoms with Crippen LogP contribution in [0.1, 0.15) is 119 Å². The highest BCUT2D eigenvalue weighted by atomic mass is 16.5. The first-order chi connectivity index (χ1) is 18.0. The summed E-state index contributed by atoms with van der Waals surface area (Å²) in [7, 11) is 0. The van der Waals surface area contributed by atoms with E-state index in [9.17, 15) is 4.79 Å². The first-order valence-electron chi connectivity index (χ1n) is 14.8. The van der Waals surface area contributed by atoms with Crippen molar-refractivity contribution in [3.63, 3.8) is 0 Å². The average Bonchev–Trinajstić information content (AvgIpc) is 2.82. The molecule has 3 heteroatoms. The number of hydrogen-bond donors (Lipinski definition) is 1. The van der Waals surface area contributed by atoms with Gasteiger partial charge in [0, 0.05) is 0 Å². The van der Waals surface area contributed by atoms with Crippen LogP contribution >= 0.6 is 0 Å². The van der Waals surface area contributed by atoms with E-state index >= 15 is 0 Å². The lowest BCUT2D eigenvalue weighted by atomic mass is 9.79. The SMILES string of the molecule is C=C(CC/C=C(\C)CCC=C(C)C)CC[C@H]1C=C(CC/C=C(\C)CCC=C(C)C)C[C@H](COCC(=O)O)C1. The van der Waals surface area contributed by atoms with E-state index in [0.717, 1.165) is 77.0 Å². The molecule has 38 heavy (non-hydrogen) atoms. The molecule has 1 aliphatic rings. The Kier molecular flexibility index (Phi) is 17.7. The molecule has 214 valence electrons. The van der Waals surface area contributed by atoms with Crippen molar-refractivity contribution in [1.82, 2.24) is 0 Å². The van der Waals surface area contributed by atoms with Crippen molar-refractivity contribution in [3.8, 4) is 0 Å². The second-order valence-corrected chi connectivity index (χ2v) is 11.9. The van der Waals surface area contributed by atoms with Crippen LogP contribution in [0.15, 0.2) is 70.4 Å². The van der Waals surface area contributed by atoms with Crippen LogP contribution < -0.4 is 0 Å². The number of allylic oxidation sites excluding steroid dienone is 11. The lowest BCUT2D eigenvalue weighted by molar-refractivity contribution is -0.142. The van der Waals surface area contributed by atoms with Crippen molar-refractivity contribution in [2.24, 2.45) is 11.8 Å². The molecule has 1 N–H and O–H groups in total. The zero-order chi connectivity index (χ0) is 28.3. The number of carboxylic acids is 1. The molecule has 0 amide bonds. The Labute approximate surface area is 234 Å². The van der Waals surface area contributed by atoms with Gasteiger partial charge in [-0.2, -0.15) is 0 Å². The van der Waals surface area contributed by atoms with E-state index in [-0.39, 0.29) is 6.61 Å². The standard InChI is InChI=1S/C35H56O3/c1-27(2)12-8-14-29(5)16-10-17-31(7)20-21-33-22-32(23-34(24-33)25-38-26-35(36)37)19-11-18-30(6)15-9-13-28(3)4/h12-13,16,18,22,33-34H,7-11,14-15,17,19-21,23-26H2,1-6H3,(H,36,37)/b29-16+,30-18+/t33-,34-/m0/s1. The normalized spacial score (nSPS) is 18.1. The molecule has 1 aliphatic carbocycles. The molecule has 0 aliphatic heterocycles. The third-order valence-corrected chi connectivity index (χ3v) is 7.24. The van der Waals surface area contributed by atoms with Crippen molar-refractivity contribution in [3.05, 3.63) is 70.4 Å². The van der Waals surface area contributed by atoms with E-state index in [2.05, 4.69) is 78.5 Å². The van der Waals surface area contributed by atoms with Crippen LogP contribution in [0.25, 0.3) is 0 Å². The lowest BCUT2D eigenvalue weighted by Gasteiger charge is -2.29. The molecule has 0 fully saturated rings. The zero-order valence-electron chi connectivity index (χ0n) is 25.4. The van der Waals surface area contributed by atoms with Gasteiger partial charge in [0.25, 0.3) is 0 Å². The molecule has 0 aromatic rings. The Morgan fingerprint density at radius 2 is 1.47 bits per heavy atom. The Bertz CT molecular complexity index is 873. The van der Waals surface area contributed by atoms with Crippen molar-refractivity contribution in [2.75, 3.05) is 13.2 Å². The lowest BCUT2D eigenvalue weighted by Crippen LogP contribution is -2.21. The van der Waals surface area contributed by atoms with Gasteiger partial charge in [-0.3, -0.25) is 0 Å². The molecule has 0 bridgehead atoms. The molecule has 0 heterocycles. The summed E-state index contributed by atoms with van der Waals surface area (Å²) in [6, 6.07) is 0. The van der Waals surface area contributed by atoms with Gasteiger partial charge in [0.1, 0.15) is 6.61 Å². The number of carboxylic acid groups (broad SMARTS) is 1. The highest BCUT2D eigenvalue weighted by Gasteiger charge is 2.23. The minimum absolute atomic E-state index is 0.202. The topological polar surface area (TPSA) is 46.5 Å². The largest absolute Gasteiger partial charge is 0.480 e. The highest BCUT2D eigenvalue weighted by molar-refractivity contribution is 5.67. The fourth-order valence-corrected chi connectivity index (χ4v) is 5.10. The van der Waals surface area contributed by atoms with E-state index in [1.54, 1.807) is 0 Å². The highest BCUT2D eigenvalue weighted by Crippen LogP contribution is 2.34. The summed E-state index contributed by atoms with van der Waals surface area (Å²) in [5, 5.41) is 8.96. The summed E-state index contributed by atoms with van der Waals surface area (Å²) in [5.41, 5.74) is 8.57. The summed E-state index contributed by atoms with van der Waals surface area (Å²) >= 11 is 0. The van der Waals surface area contributed by atoms with Gasteiger partial charge in [0.2, 0.25) is 0 Å². The quantitative estimate of drug-likeness (QED) is 0.171. The molecule has 0 radical (unpaired) electrons. The second-order valence-electron chi connectivity index (χ2n) is 11.9. The van der Waals surface area contributed by atoms with E-state index in [1.807, 2.05) is 0 Å². The summed E-state index contributed by atoms with van der Waals surface area (Å²) < 4.78 is 5.51. The van der Waals surface area contributed by atoms with Gasteiger partial charge < -0.3 is 9.84 Å². The summed E-state index contributed by atoms with van der Waals surface area (Å²) in [4.78, 5) is 10.9. The van der Waals surface area contributed by atoms with Gasteiger partial charge in [0.05, 0.1) is 6.61 Å². The van der Waals surface area contributed by atoms with Gasteiger partial charge >= 0.3 is 5.97 Å².